The lowest BCUT2D eigenvalue weighted by Crippen LogP contribution is -2.40. The Kier molecular flexibility index (Phi) is 7.42. The molecular weight excluding hydrogens is 459 g/mol. The third-order valence-corrected chi connectivity index (χ3v) is 7.69. The van der Waals surface area contributed by atoms with Crippen molar-refractivity contribution >= 4 is 56.4 Å². The molecule has 1 saturated heterocycles. The van der Waals surface area contributed by atoms with Gasteiger partial charge in [0.1, 0.15) is 4.90 Å². The number of rotatable bonds is 6. The van der Waals surface area contributed by atoms with Crippen LogP contribution in [0.4, 0.5) is 5.69 Å². The van der Waals surface area contributed by atoms with Gasteiger partial charge in [-0.25, -0.2) is 8.42 Å². The third-order valence-electron chi connectivity index (χ3n) is 4.46. The molecule has 0 bridgehead atoms. The minimum Gasteiger partial charge on any atom is -0.379 e. The number of sulfonamides is 1. The molecule has 3 rings (SSSR count). The van der Waals surface area contributed by atoms with Crippen molar-refractivity contribution in [3.05, 3.63) is 57.0 Å². The number of amides is 1. The van der Waals surface area contributed by atoms with Gasteiger partial charge in [-0.15, -0.1) is 0 Å². The van der Waals surface area contributed by atoms with Crippen molar-refractivity contribution in [2.75, 3.05) is 31.6 Å². The van der Waals surface area contributed by atoms with Gasteiger partial charge in [-0.05, 0) is 36.2 Å². The SMILES string of the molecule is O=C(CCc1cccc(Cl)c1Cl)Nc1ccc(Cl)c(S(=O)(=O)N2CCOCC2)c1. The van der Waals surface area contributed by atoms with Gasteiger partial charge >= 0.3 is 0 Å². The molecule has 29 heavy (non-hydrogen) atoms. The van der Waals surface area contributed by atoms with Crippen molar-refractivity contribution in [3.63, 3.8) is 0 Å². The van der Waals surface area contributed by atoms with Crippen molar-refractivity contribution in [2.45, 2.75) is 17.7 Å². The zero-order valence-electron chi connectivity index (χ0n) is 15.3. The number of halogens is 3. The first kappa shape index (κ1) is 22.3. The molecule has 1 N–H and O–H groups in total. The van der Waals surface area contributed by atoms with Gasteiger partial charge in [0, 0.05) is 25.2 Å². The molecule has 0 spiro atoms. The Hall–Kier alpha value is -1.35. The van der Waals surface area contributed by atoms with Crippen LogP contribution in [0.5, 0.6) is 0 Å². The van der Waals surface area contributed by atoms with Crippen LogP contribution < -0.4 is 5.32 Å². The molecule has 0 atom stereocenters. The number of anilines is 1. The Bertz CT molecular complexity index is 1010. The zero-order chi connectivity index (χ0) is 21.0. The summed E-state index contributed by atoms with van der Waals surface area (Å²) in [5, 5.41) is 3.66. The van der Waals surface area contributed by atoms with Gasteiger partial charge in [0.2, 0.25) is 15.9 Å². The topological polar surface area (TPSA) is 75.7 Å². The minimum atomic E-state index is -3.78. The molecule has 10 heteroatoms. The molecule has 1 aliphatic rings. The lowest BCUT2D eigenvalue weighted by Gasteiger charge is -2.26. The van der Waals surface area contributed by atoms with Gasteiger partial charge in [-0.3, -0.25) is 4.79 Å². The number of carbonyl (C=O) groups excluding carboxylic acids is 1. The molecule has 0 aromatic heterocycles. The van der Waals surface area contributed by atoms with Crippen LogP contribution >= 0.6 is 34.8 Å². The largest absolute Gasteiger partial charge is 0.379 e. The van der Waals surface area contributed by atoms with E-state index in [9.17, 15) is 13.2 Å². The molecule has 156 valence electrons. The Morgan fingerprint density at radius 1 is 1.07 bits per heavy atom. The first-order chi connectivity index (χ1) is 13.8. The van der Waals surface area contributed by atoms with E-state index in [2.05, 4.69) is 5.32 Å². The molecule has 1 heterocycles. The summed E-state index contributed by atoms with van der Waals surface area (Å²) in [4.78, 5) is 12.3. The maximum Gasteiger partial charge on any atom is 0.244 e. The van der Waals surface area contributed by atoms with E-state index in [-0.39, 0.29) is 35.3 Å². The summed E-state index contributed by atoms with van der Waals surface area (Å²) in [5.74, 6) is -0.280. The summed E-state index contributed by atoms with van der Waals surface area (Å²) in [6.07, 6.45) is 0.561. The van der Waals surface area contributed by atoms with Crippen molar-refractivity contribution in [1.82, 2.24) is 4.31 Å². The second kappa shape index (κ2) is 9.64. The van der Waals surface area contributed by atoms with E-state index in [4.69, 9.17) is 39.5 Å². The predicted octanol–water partition coefficient (Wildman–Crippen LogP) is 4.24. The summed E-state index contributed by atoms with van der Waals surface area (Å²) >= 11 is 18.3. The lowest BCUT2D eigenvalue weighted by atomic mass is 10.1. The van der Waals surface area contributed by atoms with Crippen molar-refractivity contribution in [3.8, 4) is 0 Å². The Morgan fingerprint density at radius 3 is 2.52 bits per heavy atom. The Labute approximate surface area is 184 Å². The van der Waals surface area contributed by atoms with E-state index < -0.39 is 10.0 Å². The molecule has 0 aliphatic carbocycles. The maximum absolute atomic E-state index is 12.9. The van der Waals surface area contributed by atoms with Crippen LogP contribution in [0.3, 0.4) is 0 Å². The summed E-state index contributed by atoms with van der Waals surface area (Å²) in [6.45, 7) is 1.18. The van der Waals surface area contributed by atoms with Gasteiger partial charge in [-0.1, -0.05) is 46.9 Å². The van der Waals surface area contributed by atoms with Gasteiger partial charge in [0.25, 0.3) is 0 Å². The van der Waals surface area contributed by atoms with Crippen LogP contribution in [0.2, 0.25) is 15.1 Å². The number of morpholine rings is 1. The molecule has 1 fully saturated rings. The number of carbonyl (C=O) groups is 1. The maximum atomic E-state index is 12.9. The number of nitrogens with zero attached hydrogens (tertiary/aromatic N) is 1. The molecule has 2 aromatic carbocycles. The van der Waals surface area contributed by atoms with Crippen LogP contribution in [0.25, 0.3) is 0 Å². The monoisotopic (exact) mass is 476 g/mol. The van der Waals surface area contributed by atoms with E-state index >= 15 is 0 Å². The second-order valence-electron chi connectivity index (χ2n) is 6.42. The fraction of sp³-hybridized carbons (Fsp3) is 0.316. The average molecular weight is 478 g/mol. The van der Waals surface area contributed by atoms with Crippen molar-refractivity contribution in [1.29, 1.82) is 0 Å². The molecule has 2 aromatic rings. The zero-order valence-corrected chi connectivity index (χ0v) is 18.4. The van der Waals surface area contributed by atoms with Crippen molar-refractivity contribution < 1.29 is 17.9 Å². The highest BCUT2D eigenvalue weighted by Crippen LogP contribution is 2.29. The van der Waals surface area contributed by atoms with E-state index in [0.717, 1.165) is 5.56 Å². The molecule has 1 amide bonds. The molecule has 6 nitrogen and oxygen atoms in total. The highest BCUT2D eigenvalue weighted by atomic mass is 35.5. The second-order valence-corrected chi connectivity index (χ2v) is 9.52. The summed E-state index contributed by atoms with van der Waals surface area (Å²) in [7, 11) is -3.78. The number of nitrogens with one attached hydrogen (secondary N) is 1. The summed E-state index contributed by atoms with van der Waals surface area (Å²) < 4.78 is 32.3. The van der Waals surface area contributed by atoms with Crippen LogP contribution in [0.15, 0.2) is 41.3 Å². The van der Waals surface area contributed by atoms with Crippen LogP contribution in [0.1, 0.15) is 12.0 Å². The average Bonchev–Trinajstić information content (AvgIpc) is 2.71. The summed E-state index contributed by atoms with van der Waals surface area (Å²) in [5.41, 5.74) is 1.12. The summed E-state index contributed by atoms with van der Waals surface area (Å²) in [6, 6.07) is 9.64. The number of aryl methyl sites for hydroxylation is 1. The fourth-order valence-electron chi connectivity index (χ4n) is 2.92. The normalized spacial score (nSPS) is 15.3. The number of ether oxygens (including phenoxy) is 1. The molecule has 0 saturated carbocycles. The molecule has 0 radical (unpaired) electrons. The number of hydrogen-bond acceptors (Lipinski definition) is 4. The van der Waals surface area contributed by atoms with E-state index in [1.165, 1.54) is 16.4 Å². The minimum absolute atomic E-state index is 0.0447. The quantitative estimate of drug-likeness (QED) is 0.675. The lowest BCUT2D eigenvalue weighted by molar-refractivity contribution is -0.116. The van der Waals surface area contributed by atoms with E-state index in [1.54, 1.807) is 24.3 Å². The van der Waals surface area contributed by atoms with Crippen molar-refractivity contribution in [2.24, 2.45) is 0 Å². The molecular formula is C19H19Cl3N2O4S. The van der Waals surface area contributed by atoms with Gasteiger partial charge in [0.15, 0.2) is 0 Å². The van der Waals surface area contributed by atoms with Crippen LogP contribution in [-0.4, -0.2) is 44.9 Å². The van der Waals surface area contributed by atoms with Crippen LogP contribution in [0, 0.1) is 0 Å². The smallest absolute Gasteiger partial charge is 0.244 e. The predicted molar refractivity (Wildman–Crippen MR) is 114 cm³/mol. The number of benzene rings is 2. The molecule has 0 unspecified atom stereocenters. The third kappa shape index (κ3) is 5.42. The van der Waals surface area contributed by atoms with Gasteiger partial charge in [0.05, 0.1) is 28.3 Å². The Morgan fingerprint density at radius 2 is 1.79 bits per heavy atom. The first-order valence-electron chi connectivity index (χ1n) is 8.89. The fourth-order valence-corrected chi connectivity index (χ4v) is 5.24. The highest BCUT2D eigenvalue weighted by Gasteiger charge is 2.28. The van der Waals surface area contributed by atoms with E-state index in [0.29, 0.717) is 35.4 Å². The molecule has 1 aliphatic heterocycles. The first-order valence-corrected chi connectivity index (χ1v) is 11.5. The Balaban J connectivity index is 1.70. The van der Waals surface area contributed by atoms with Crippen LogP contribution in [-0.2, 0) is 26.0 Å². The number of hydrogen-bond donors (Lipinski definition) is 1. The van der Waals surface area contributed by atoms with E-state index in [1.807, 2.05) is 0 Å². The standard InChI is InChI=1S/C19H19Cl3N2O4S/c20-15-6-5-14(12-17(15)29(26,27)24-8-10-28-11-9-24)23-18(25)7-4-13-2-1-3-16(21)19(13)22/h1-3,5-6,12H,4,7-11H2,(H,23,25). The van der Waals surface area contributed by atoms with Gasteiger partial charge in [-0.2, -0.15) is 4.31 Å². The highest BCUT2D eigenvalue weighted by molar-refractivity contribution is 7.89. The van der Waals surface area contributed by atoms with Gasteiger partial charge < -0.3 is 10.1 Å².